The van der Waals surface area contributed by atoms with Gasteiger partial charge in [-0.05, 0) is 69.7 Å². The van der Waals surface area contributed by atoms with Crippen molar-refractivity contribution < 1.29 is 30.8 Å². The first-order valence-electron chi connectivity index (χ1n) is 18.2. The Hall–Kier alpha value is -3.52. The molecule has 2 aliphatic heterocycles. The summed E-state index contributed by atoms with van der Waals surface area (Å²) in [6.07, 6.45) is 0.363. The van der Waals surface area contributed by atoms with Gasteiger partial charge in [0.25, 0.3) is 14.2 Å². The van der Waals surface area contributed by atoms with Crippen molar-refractivity contribution >= 4 is 28.7 Å². The van der Waals surface area contributed by atoms with Crippen molar-refractivity contribution in [3.63, 3.8) is 0 Å². The molecule has 0 saturated carbocycles. The number of hydrogen-bond donors (Lipinski definition) is 1. The minimum absolute atomic E-state index is 0.0107. The van der Waals surface area contributed by atoms with Gasteiger partial charge in [-0.15, -0.1) is 0 Å². The van der Waals surface area contributed by atoms with Crippen LogP contribution in [0.2, 0.25) is 5.04 Å². The monoisotopic (exact) mass is 765 g/mol. The van der Waals surface area contributed by atoms with Crippen molar-refractivity contribution in [2.24, 2.45) is 11.1 Å². The molecule has 1 saturated heterocycles. The molecule has 2 aliphatic rings. The predicted molar refractivity (Wildman–Crippen MR) is 206 cm³/mol. The number of nitrogens with two attached hydrogens (primary N) is 1. The second kappa shape index (κ2) is 15.7. The second-order valence-electron chi connectivity index (χ2n) is 15.5. The smallest absolute Gasteiger partial charge is 0.282 e. The van der Waals surface area contributed by atoms with Crippen LogP contribution in [-0.2, 0) is 20.9 Å². The predicted octanol–water partition coefficient (Wildman–Crippen LogP) is 6.16. The minimum Gasteiger partial charge on any atom is -0.492 e. The molecule has 0 amide bonds. The van der Waals surface area contributed by atoms with E-state index in [2.05, 4.69) is 25.7 Å². The lowest BCUT2D eigenvalue weighted by atomic mass is 9.85. The number of rotatable bonds is 14. The molecule has 53 heavy (non-hydrogen) atoms. The van der Waals surface area contributed by atoms with E-state index in [1.807, 2.05) is 91.9 Å². The molecule has 2 atom stereocenters. The lowest BCUT2D eigenvalue weighted by Gasteiger charge is -2.46. The average molecular weight is 766 g/mol. The fourth-order valence-corrected chi connectivity index (χ4v) is 13.1. The molecule has 1 fully saturated rings. The number of benzene rings is 4. The van der Waals surface area contributed by atoms with E-state index in [1.165, 1.54) is 6.07 Å². The van der Waals surface area contributed by atoms with E-state index in [-0.39, 0.29) is 23.5 Å². The first-order chi connectivity index (χ1) is 25.1. The number of sulfonamides is 1. The highest BCUT2D eigenvalue weighted by atomic mass is 32.2. The second-order valence-corrected chi connectivity index (χ2v) is 21.4. The molecule has 0 spiro atoms. The van der Waals surface area contributed by atoms with E-state index >= 15 is 8.78 Å². The van der Waals surface area contributed by atoms with Gasteiger partial charge >= 0.3 is 0 Å². The van der Waals surface area contributed by atoms with Gasteiger partial charge in [-0.1, -0.05) is 99.6 Å². The summed E-state index contributed by atoms with van der Waals surface area (Å²) in [7, 11) is -7.20. The molecule has 0 unspecified atom stereocenters. The van der Waals surface area contributed by atoms with Crippen LogP contribution in [0.5, 0.6) is 5.75 Å². The van der Waals surface area contributed by atoms with Crippen LogP contribution >= 0.6 is 0 Å². The van der Waals surface area contributed by atoms with Crippen molar-refractivity contribution in [1.29, 1.82) is 0 Å². The third kappa shape index (κ3) is 8.58. The summed E-state index contributed by atoms with van der Waals surface area (Å²) in [5.41, 5.74) is 2.26. The first-order valence-corrected chi connectivity index (χ1v) is 21.6. The molecule has 4 aromatic carbocycles. The molecule has 284 valence electrons. The molecule has 0 aromatic heterocycles. The molecule has 7 nitrogen and oxygen atoms in total. The summed E-state index contributed by atoms with van der Waals surface area (Å²) < 4.78 is 83.4. The van der Waals surface area contributed by atoms with Gasteiger partial charge < -0.3 is 9.16 Å². The van der Waals surface area contributed by atoms with Crippen LogP contribution in [0.4, 0.5) is 13.2 Å². The average Bonchev–Trinajstić information content (AvgIpc) is 3.10. The summed E-state index contributed by atoms with van der Waals surface area (Å²) in [5.74, 6) is -2.51. The maximum Gasteiger partial charge on any atom is 0.282 e. The Bertz CT molecular complexity index is 1900. The number of primary sulfonamides is 1. The van der Waals surface area contributed by atoms with E-state index in [0.717, 1.165) is 40.2 Å². The SMILES string of the molecule is C[C@@H]1Cc2cc(S(N)(=O)=O)ccc2[C@@H](c2ccc(OCCN3CC(CF)C3)cc2)N1CC(F)(F)CO[Si](c1ccccc1)(c1ccccc1)C(C)(C)C. The van der Waals surface area contributed by atoms with E-state index < -0.39 is 48.5 Å². The lowest BCUT2D eigenvalue weighted by Crippen LogP contribution is -2.67. The fraction of sp³-hybridized carbons (Fsp3) is 0.415. The zero-order valence-electron chi connectivity index (χ0n) is 30.9. The highest BCUT2D eigenvalue weighted by Crippen LogP contribution is 2.42. The third-order valence-corrected chi connectivity index (χ3v) is 16.5. The van der Waals surface area contributed by atoms with Crippen LogP contribution < -0.4 is 20.2 Å². The largest absolute Gasteiger partial charge is 0.492 e. The van der Waals surface area contributed by atoms with Crippen LogP contribution in [0.1, 0.15) is 50.4 Å². The number of nitrogens with zero attached hydrogens (tertiary/aromatic N) is 2. The van der Waals surface area contributed by atoms with Crippen LogP contribution in [0, 0.1) is 5.92 Å². The summed E-state index contributed by atoms with van der Waals surface area (Å²) >= 11 is 0. The Kier molecular flexibility index (Phi) is 11.6. The van der Waals surface area contributed by atoms with E-state index in [0.29, 0.717) is 25.3 Å². The summed E-state index contributed by atoms with van der Waals surface area (Å²) in [6, 6.07) is 30.6. The van der Waals surface area contributed by atoms with Crippen LogP contribution in [-0.4, -0.2) is 84.6 Å². The Morgan fingerprint density at radius 2 is 1.49 bits per heavy atom. The zero-order chi connectivity index (χ0) is 38.0. The van der Waals surface area contributed by atoms with Gasteiger partial charge in [0.05, 0.1) is 30.8 Å². The molecule has 0 bridgehead atoms. The summed E-state index contributed by atoms with van der Waals surface area (Å²) in [5, 5.41) is 6.87. The Labute approximate surface area is 313 Å². The molecular weight excluding hydrogens is 716 g/mol. The first kappa shape index (κ1) is 39.2. The summed E-state index contributed by atoms with van der Waals surface area (Å²) in [6.45, 7) is 9.02. The van der Waals surface area contributed by atoms with Crippen LogP contribution in [0.15, 0.2) is 108 Å². The van der Waals surface area contributed by atoms with Gasteiger partial charge in [-0.3, -0.25) is 14.2 Å². The number of likely N-dealkylation sites (tertiary alicyclic amines) is 1. The van der Waals surface area contributed by atoms with Gasteiger partial charge in [0.2, 0.25) is 10.0 Å². The molecule has 12 heteroatoms. The Morgan fingerprint density at radius 3 is 2.04 bits per heavy atom. The third-order valence-electron chi connectivity index (χ3n) is 10.6. The number of alkyl halides is 3. The van der Waals surface area contributed by atoms with E-state index in [4.69, 9.17) is 14.3 Å². The van der Waals surface area contributed by atoms with Crippen molar-refractivity contribution in [1.82, 2.24) is 9.80 Å². The number of hydrogen-bond acceptors (Lipinski definition) is 6. The molecular formula is C41H50F3N3O4SSi. The van der Waals surface area contributed by atoms with Gasteiger partial charge in [-0.25, -0.2) is 22.3 Å². The van der Waals surface area contributed by atoms with E-state index in [1.54, 1.807) is 17.0 Å². The summed E-state index contributed by atoms with van der Waals surface area (Å²) in [4.78, 5) is 3.93. The highest BCUT2D eigenvalue weighted by Gasteiger charge is 2.52. The van der Waals surface area contributed by atoms with Crippen molar-refractivity contribution in [3.05, 3.63) is 120 Å². The number of halogens is 3. The maximum absolute atomic E-state index is 16.7. The van der Waals surface area contributed by atoms with Crippen LogP contribution in [0.25, 0.3) is 0 Å². The molecule has 4 aromatic rings. The van der Waals surface area contributed by atoms with Crippen molar-refractivity contribution in [3.8, 4) is 5.75 Å². The van der Waals surface area contributed by atoms with Crippen molar-refractivity contribution in [2.45, 2.75) is 62.1 Å². The van der Waals surface area contributed by atoms with Crippen LogP contribution in [0.3, 0.4) is 0 Å². The highest BCUT2D eigenvalue weighted by molar-refractivity contribution is 7.89. The van der Waals surface area contributed by atoms with Crippen molar-refractivity contribution in [2.75, 3.05) is 46.1 Å². The fourth-order valence-electron chi connectivity index (χ4n) is 7.97. The van der Waals surface area contributed by atoms with Gasteiger partial charge in [-0.2, -0.15) is 0 Å². The van der Waals surface area contributed by atoms with E-state index in [9.17, 15) is 12.8 Å². The molecule has 0 aliphatic carbocycles. The molecule has 2 heterocycles. The minimum atomic E-state index is -3.97. The maximum atomic E-state index is 16.7. The molecule has 6 rings (SSSR count). The molecule has 0 radical (unpaired) electrons. The molecule has 2 N–H and O–H groups in total. The quantitative estimate of drug-likeness (QED) is 0.155. The van der Waals surface area contributed by atoms with Gasteiger partial charge in [0, 0.05) is 31.6 Å². The number of ether oxygens (including phenoxy) is 1. The lowest BCUT2D eigenvalue weighted by molar-refractivity contribution is -0.0818. The zero-order valence-corrected chi connectivity index (χ0v) is 32.7. The normalized spacial score (nSPS) is 19.1. The van der Waals surface area contributed by atoms with Gasteiger partial charge in [0.15, 0.2) is 0 Å². The topological polar surface area (TPSA) is 85.1 Å². The number of fused-ring (bicyclic) bond motifs is 1. The Morgan fingerprint density at radius 1 is 0.887 bits per heavy atom. The Balaban J connectivity index is 1.29. The van der Waals surface area contributed by atoms with Gasteiger partial charge in [0.1, 0.15) is 12.4 Å². The standard InChI is InChI=1S/C41H50F3N3O4SSi/c1-30-23-33-24-35(52(45,48)49)19-20-38(33)39(32-15-17-34(18-16-32)50-22-21-46-26-31(25-42)27-46)47(30)28-41(43,44)29-51-53(40(2,3)4,36-11-7-5-8-12-36)37-13-9-6-10-14-37/h5-20,24,30-31,39H,21-23,25-29H2,1-4H3,(H2,45,48,49)/t30-,39-/m1/s1.